The summed E-state index contributed by atoms with van der Waals surface area (Å²) in [5.74, 6) is 2.00. The molecule has 0 aliphatic carbocycles. The van der Waals surface area contributed by atoms with E-state index in [4.69, 9.17) is 4.42 Å². The number of nitrogens with one attached hydrogen (secondary N) is 1. The Morgan fingerprint density at radius 2 is 2.12 bits per heavy atom. The van der Waals surface area contributed by atoms with E-state index in [0.717, 1.165) is 48.6 Å². The maximum atomic E-state index is 12.3. The lowest BCUT2D eigenvalue weighted by molar-refractivity contribution is 0.0996. The number of amides is 1. The third-order valence-electron chi connectivity index (χ3n) is 4.56. The first-order valence-electron chi connectivity index (χ1n) is 8.60. The van der Waals surface area contributed by atoms with Crippen LogP contribution in [0.5, 0.6) is 0 Å². The molecule has 3 aromatic rings. The Kier molecular flexibility index (Phi) is 4.09. The van der Waals surface area contributed by atoms with Gasteiger partial charge in [0.1, 0.15) is 5.82 Å². The van der Waals surface area contributed by atoms with Crippen LogP contribution in [0.4, 0.5) is 5.69 Å². The molecule has 0 fully saturated rings. The molecule has 0 radical (unpaired) electrons. The highest BCUT2D eigenvalue weighted by molar-refractivity contribution is 6.03. The van der Waals surface area contributed by atoms with Crippen molar-refractivity contribution < 1.29 is 9.21 Å². The van der Waals surface area contributed by atoms with Gasteiger partial charge in [0.15, 0.2) is 11.6 Å². The van der Waals surface area contributed by atoms with Crippen molar-refractivity contribution in [3.8, 4) is 11.4 Å². The van der Waals surface area contributed by atoms with E-state index >= 15 is 0 Å². The first-order chi connectivity index (χ1) is 12.2. The summed E-state index contributed by atoms with van der Waals surface area (Å²) in [6.45, 7) is 2.79. The zero-order valence-electron chi connectivity index (χ0n) is 14.2. The van der Waals surface area contributed by atoms with Crippen molar-refractivity contribution in [2.24, 2.45) is 0 Å². The number of aryl methyl sites for hydroxylation is 2. The Morgan fingerprint density at radius 3 is 2.96 bits per heavy atom. The van der Waals surface area contributed by atoms with Gasteiger partial charge < -0.3 is 14.3 Å². The summed E-state index contributed by atoms with van der Waals surface area (Å²) in [6.07, 6.45) is 6.03. The topological polar surface area (TPSA) is 73.0 Å². The maximum absolute atomic E-state index is 12.3. The van der Waals surface area contributed by atoms with Crippen molar-refractivity contribution in [2.45, 2.75) is 39.2 Å². The number of fused-ring (bicyclic) bond motifs is 1. The summed E-state index contributed by atoms with van der Waals surface area (Å²) in [6, 6.07) is 9.47. The quantitative estimate of drug-likeness (QED) is 0.789. The lowest BCUT2D eigenvalue weighted by atomic mass is 10.1. The van der Waals surface area contributed by atoms with Gasteiger partial charge in [0.25, 0.3) is 5.91 Å². The molecule has 0 saturated carbocycles. The number of nitrogens with zero attached hydrogens (tertiary/aromatic N) is 3. The molecule has 128 valence electrons. The van der Waals surface area contributed by atoms with Crippen LogP contribution in [-0.4, -0.2) is 20.7 Å². The van der Waals surface area contributed by atoms with E-state index in [1.165, 1.54) is 12.7 Å². The molecule has 0 atom stereocenters. The van der Waals surface area contributed by atoms with Crippen LogP contribution in [0.2, 0.25) is 0 Å². The normalized spacial score (nSPS) is 14.0. The van der Waals surface area contributed by atoms with Crippen LogP contribution in [0.15, 0.2) is 41.0 Å². The SMILES string of the molecule is Cc1ccoc1C(=O)Nc1cccc(-c2nnc3n2CCCCC3)c1. The molecule has 3 heterocycles. The molecule has 1 aromatic carbocycles. The number of benzene rings is 1. The third-order valence-corrected chi connectivity index (χ3v) is 4.56. The van der Waals surface area contributed by atoms with Crippen molar-refractivity contribution in [1.29, 1.82) is 0 Å². The highest BCUT2D eigenvalue weighted by Gasteiger charge is 2.17. The first-order valence-corrected chi connectivity index (χ1v) is 8.60. The van der Waals surface area contributed by atoms with E-state index in [2.05, 4.69) is 20.1 Å². The predicted octanol–water partition coefficient (Wildman–Crippen LogP) is 3.83. The summed E-state index contributed by atoms with van der Waals surface area (Å²) in [7, 11) is 0. The number of hydrogen-bond acceptors (Lipinski definition) is 4. The van der Waals surface area contributed by atoms with E-state index in [1.54, 1.807) is 6.07 Å². The van der Waals surface area contributed by atoms with Gasteiger partial charge in [0, 0.05) is 29.8 Å². The molecular weight excluding hydrogens is 316 g/mol. The largest absolute Gasteiger partial charge is 0.459 e. The van der Waals surface area contributed by atoms with Gasteiger partial charge in [-0.3, -0.25) is 4.79 Å². The summed E-state index contributed by atoms with van der Waals surface area (Å²) >= 11 is 0. The van der Waals surface area contributed by atoms with Crippen molar-refractivity contribution >= 4 is 11.6 Å². The van der Waals surface area contributed by atoms with Gasteiger partial charge in [-0.15, -0.1) is 10.2 Å². The van der Waals surface area contributed by atoms with E-state index in [1.807, 2.05) is 31.2 Å². The average Bonchev–Trinajstić information content (AvgIpc) is 3.15. The highest BCUT2D eigenvalue weighted by Crippen LogP contribution is 2.25. The van der Waals surface area contributed by atoms with Crippen LogP contribution >= 0.6 is 0 Å². The lowest BCUT2D eigenvalue weighted by Crippen LogP contribution is -2.12. The molecule has 1 aliphatic heterocycles. The molecule has 0 saturated heterocycles. The van der Waals surface area contributed by atoms with Crippen molar-refractivity contribution in [3.05, 3.63) is 53.7 Å². The van der Waals surface area contributed by atoms with Crippen LogP contribution in [0.1, 0.15) is 41.2 Å². The molecular formula is C19H20N4O2. The minimum Gasteiger partial charge on any atom is -0.459 e. The molecule has 1 N–H and O–H groups in total. The van der Waals surface area contributed by atoms with Gasteiger partial charge in [-0.1, -0.05) is 18.6 Å². The minimum atomic E-state index is -0.250. The van der Waals surface area contributed by atoms with Gasteiger partial charge in [-0.05, 0) is 38.0 Å². The molecule has 6 nitrogen and oxygen atoms in total. The summed E-state index contributed by atoms with van der Waals surface area (Å²) < 4.78 is 7.45. The second kappa shape index (κ2) is 6.55. The van der Waals surface area contributed by atoms with E-state index in [-0.39, 0.29) is 5.91 Å². The van der Waals surface area contributed by atoms with Crippen molar-refractivity contribution in [1.82, 2.24) is 14.8 Å². The monoisotopic (exact) mass is 336 g/mol. The number of anilines is 1. The van der Waals surface area contributed by atoms with Crippen LogP contribution < -0.4 is 5.32 Å². The maximum Gasteiger partial charge on any atom is 0.291 e. The summed E-state index contributed by atoms with van der Waals surface area (Å²) in [4.78, 5) is 12.3. The summed E-state index contributed by atoms with van der Waals surface area (Å²) in [5.41, 5.74) is 2.48. The number of rotatable bonds is 3. The number of carbonyl (C=O) groups excluding carboxylic acids is 1. The Bertz CT molecular complexity index is 910. The Hall–Kier alpha value is -2.89. The number of hydrogen-bond donors (Lipinski definition) is 1. The molecule has 4 rings (SSSR count). The molecule has 1 aliphatic rings. The van der Waals surface area contributed by atoms with Crippen LogP contribution in [0.25, 0.3) is 11.4 Å². The Balaban J connectivity index is 1.61. The molecule has 0 unspecified atom stereocenters. The number of furan rings is 1. The minimum absolute atomic E-state index is 0.250. The van der Waals surface area contributed by atoms with Gasteiger partial charge in [0.2, 0.25) is 0 Å². The molecule has 0 bridgehead atoms. The second-order valence-electron chi connectivity index (χ2n) is 6.37. The van der Waals surface area contributed by atoms with Crippen LogP contribution in [0.3, 0.4) is 0 Å². The first kappa shape index (κ1) is 15.6. The fraction of sp³-hybridized carbons (Fsp3) is 0.316. The Morgan fingerprint density at radius 1 is 1.20 bits per heavy atom. The molecule has 0 spiro atoms. The van der Waals surface area contributed by atoms with Gasteiger partial charge in [0.05, 0.1) is 6.26 Å². The van der Waals surface area contributed by atoms with E-state index < -0.39 is 0 Å². The van der Waals surface area contributed by atoms with Gasteiger partial charge >= 0.3 is 0 Å². The molecule has 2 aromatic heterocycles. The zero-order valence-corrected chi connectivity index (χ0v) is 14.2. The number of aromatic nitrogens is 3. The predicted molar refractivity (Wildman–Crippen MR) is 94.4 cm³/mol. The lowest BCUT2D eigenvalue weighted by Gasteiger charge is -2.09. The fourth-order valence-electron chi connectivity index (χ4n) is 3.23. The fourth-order valence-corrected chi connectivity index (χ4v) is 3.23. The van der Waals surface area contributed by atoms with Gasteiger partial charge in [-0.2, -0.15) is 0 Å². The smallest absolute Gasteiger partial charge is 0.291 e. The third kappa shape index (κ3) is 3.07. The average molecular weight is 336 g/mol. The molecule has 6 heteroatoms. The van der Waals surface area contributed by atoms with E-state index in [9.17, 15) is 4.79 Å². The molecule has 1 amide bonds. The Labute approximate surface area is 145 Å². The highest BCUT2D eigenvalue weighted by atomic mass is 16.3. The second-order valence-corrected chi connectivity index (χ2v) is 6.37. The van der Waals surface area contributed by atoms with Crippen LogP contribution in [-0.2, 0) is 13.0 Å². The van der Waals surface area contributed by atoms with Crippen molar-refractivity contribution in [3.63, 3.8) is 0 Å². The number of carbonyl (C=O) groups is 1. The van der Waals surface area contributed by atoms with Crippen LogP contribution in [0, 0.1) is 6.92 Å². The zero-order chi connectivity index (χ0) is 17.2. The standard InChI is InChI=1S/C19H20N4O2/c1-13-9-11-25-17(13)19(24)20-15-7-5-6-14(12-15)18-22-21-16-8-3-2-4-10-23(16)18/h5-7,9,11-12H,2-4,8,10H2,1H3,(H,20,24). The van der Waals surface area contributed by atoms with Crippen molar-refractivity contribution in [2.75, 3.05) is 5.32 Å². The summed E-state index contributed by atoms with van der Waals surface area (Å²) in [5, 5.41) is 11.6. The van der Waals surface area contributed by atoms with E-state index in [0.29, 0.717) is 11.4 Å². The van der Waals surface area contributed by atoms with Gasteiger partial charge in [-0.25, -0.2) is 0 Å². The molecule has 25 heavy (non-hydrogen) atoms.